The molecule has 0 spiro atoms. The molecule has 0 aliphatic rings. The Labute approximate surface area is 131 Å². The van der Waals surface area contributed by atoms with Gasteiger partial charge in [0.25, 0.3) is 0 Å². The molecule has 2 N–H and O–H groups in total. The van der Waals surface area contributed by atoms with Crippen LogP contribution in [0.3, 0.4) is 0 Å². The van der Waals surface area contributed by atoms with Gasteiger partial charge in [0.2, 0.25) is 0 Å². The molecule has 2 aromatic carbocycles. The molecule has 0 fully saturated rings. The minimum Gasteiger partial charge on any atom is -0.324 e. The Balaban J connectivity index is 2.02. The molecular formula is C16H15FN2S2. The van der Waals surface area contributed by atoms with Gasteiger partial charge >= 0.3 is 0 Å². The van der Waals surface area contributed by atoms with Crippen LogP contribution in [-0.2, 0) is 0 Å². The van der Waals surface area contributed by atoms with E-state index in [4.69, 9.17) is 5.73 Å². The zero-order valence-corrected chi connectivity index (χ0v) is 13.4. The van der Waals surface area contributed by atoms with E-state index in [9.17, 15) is 4.39 Å². The fraction of sp³-hybridized carbons (Fsp3) is 0.188. The molecule has 2 nitrogen and oxygen atoms in total. The summed E-state index contributed by atoms with van der Waals surface area (Å²) in [5, 5.41) is 0. The Bertz CT molecular complexity index is 763. The van der Waals surface area contributed by atoms with Gasteiger partial charge in [-0.05, 0) is 49.2 Å². The lowest BCUT2D eigenvalue weighted by atomic mass is 10.1. The number of rotatable bonds is 3. The van der Waals surface area contributed by atoms with Crippen LogP contribution < -0.4 is 5.73 Å². The predicted octanol–water partition coefficient (Wildman–Crippen LogP) is 4.91. The van der Waals surface area contributed by atoms with Gasteiger partial charge in [0, 0.05) is 10.9 Å². The van der Waals surface area contributed by atoms with Gasteiger partial charge < -0.3 is 5.73 Å². The van der Waals surface area contributed by atoms with E-state index >= 15 is 0 Å². The molecule has 1 atom stereocenters. The van der Waals surface area contributed by atoms with Crippen LogP contribution in [0.15, 0.2) is 45.6 Å². The third-order valence-corrected chi connectivity index (χ3v) is 5.42. The lowest BCUT2D eigenvalue weighted by molar-refractivity contribution is 0.610. The summed E-state index contributed by atoms with van der Waals surface area (Å²) in [5.74, 6) is -0.212. The van der Waals surface area contributed by atoms with Crippen molar-refractivity contribution in [2.75, 3.05) is 0 Å². The number of hydrogen-bond acceptors (Lipinski definition) is 4. The SMILES string of the molecule is Cc1cc(Sc2nc3ccccc3s2)c([C@@H](C)N)cc1F. The maximum absolute atomic E-state index is 13.7. The molecule has 21 heavy (non-hydrogen) atoms. The van der Waals surface area contributed by atoms with E-state index in [1.807, 2.05) is 31.2 Å². The summed E-state index contributed by atoms with van der Waals surface area (Å²) in [5.41, 5.74) is 8.41. The molecule has 0 saturated carbocycles. The standard InChI is InChI=1S/C16H15FN2S2/c1-9-7-15(11(10(2)18)8-12(9)17)21-16-19-13-5-3-4-6-14(13)20-16/h3-8,10H,18H2,1-2H3/t10-/m1/s1. The normalized spacial score (nSPS) is 12.8. The Morgan fingerprint density at radius 3 is 2.76 bits per heavy atom. The van der Waals surface area contributed by atoms with Gasteiger partial charge in [0.15, 0.2) is 4.34 Å². The number of aryl methyl sites for hydroxylation is 1. The van der Waals surface area contributed by atoms with Crippen LogP contribution in [0.2, 0.25) is 0 Å². The van der Waals surface area contributed by atoms with Crippen molar-refractivity contribution in [3.8, 4) is 0 Å². The third kappa shape index (κ3) is 2.95. The molecular weight excluding hydrogens is 303 g/mol. The maximum Gasteiger partial charge on any atom is 0.155 e. The molecule has 3 rings (SSSR count). The number of fused-ring (bicyclic) bond motifs is 1. The van der Waals surface area contributed by atoms with Gasteiger partial charge in [0.05, 0.1) is 10.2 Å². The van der Waals surface area contributed by atoms with Crippen LogP contribution in [-0.4, -0.2) is 4.98 Å². The second-order valence-electron chi connectivity index (χ2n) is 4.98. The van der Waals surface area contributed by atoms with E-state index in [2.05, 4.69) is 11.1 Å². The van der Waals surface area contributed by atoms with E-state index in [-0.39, 0.29) is 11.9 Å². The summed E-state index contributed by atoms with van der Waals surface area (Å²) >= 11 is 3.19. The summed E-state index contributed by atoms with van der Waals surface area (Å²) in [6.45, 7) is 3.63. The fourth-order valence-corrected chi connectivity index (χ4v) is 4.44. The summed E-state index contributed by atoms with van der Waals surface area (Å²) in [4.78, 5) is 5.58. The number of benzene rings is 2. The van der Waals surface area contributed by atoms with Gasteiger partial charge in [-0.15, -0.1) is 11.3 Å². The number of hydrogen-bond donors (Lipinski definition) is 1. The number of para-hydroxylation sites is 1. The predicted molar refractivity (Wildman–Crippen MR) is 87.5 cm³/mol. The van der Waals surface area contributed by atoms with Crippen molar-refractivity contribution >= 4 is 33.3 Å². The minimum atomic E-state index is -0.212. The fourth-order valence-electron chi connectivity index (χ4n) is 2.10. The molecule has 1 heterocycles. The second-order valence-corrected chi connectivity index (χ2v) is 7.30. The van der Waals surface area contributed by atoms with Crippen molar-refractivity contribution in [1.29, 1.82) is 0 Å². The zero-order valence-electron chi connectivity index (χ0n) is 11.8. The third-order valence-electron chi connectivity index (χ3n) is 3.25. The lowest BCUT2D eigenvalue weighted by Crippen LogP contribution is -2.07. The van der Waals surface area contributed by atoms with Crippen molar-refractivity contribution in [3.05, 3.63) is 53.3 Å². The van der Waals surface area contributed by atoms with Crippen LogP contribution in [0.5, 0.6) is 0 Å². The molecule has 3 aromatic rings. The number of thiazole rings is 1. The molecule has 108 valence electrons. The highest BCUT2D eigenvalue weighted by atomic mass is 32.2. The molecule has 0 amide bonds. The van der Waals surface area contributed by atoms with Crippen LogP contribution in [0.4, 0.5) is 4.39 Å². The van der Waals surface area contributed by atoms with Crippen molar-refractivity contribution in [3.63, 3.8) is 0 Å². The van der Waals surface area contributed by atoms with Crippen molar-refractivity contribution in [1.82, 2.24) is 4.98 Å². The van der Waals surface area contributed by atoms with Crippen molar-refractivity contribution in [2.24, 2.45) is 5.73 Å². The van der Waals surface area contributed by atoms with Crippen molar-refractivity contribution < 1.29 is 4.39 Å². The smallest absolute Gasteiger partial charge is 0.155 e. The molecule has 1 aromatic heterocycles. The highest BCUT2D eigenvalue weighted by Crippen LogP contribution is 2.38. The van der Waals surface area contributed by atoms with Gasteiger partial charge in [-0.3, -0.25) is 0 Å². The highest BCUT2D eigenvalue weighted by molar-refractivity contribution is 8.01. The molecule has 5 heteroatoms. The van der Waals surface area contributed by atoms with E-state index in [0.29, 0.717) is 5.56 Å². The number of nitrogens with two attached hydrogens (primary N) is 1. The lowest BCUT2D eigenvalue weighted by Gasteiger charge is -2.13. The molecule has 0 bridgehead atoms. The first-order chi connectivity index (χ1) is 10.0. The summed E-state index contributed by atoms with van der Waals surface area (Å²) in [6.07, 6.45) is 0. The molecule has 0 aliphatic heterocycles. The average molecular weight is 318 g/mol. The quantitative estimate of drug-likeness (QED) is 0.745. The molecule has 0 aliphatic carbocycles. The molecule has 0 unspecified atom stereocenters. The van der Waals surface area contributed by atoms with E-state index < -0.39 is 0 Å². The van der Waals surface area contributed by atoms with E-state index in [1.54, 1.807) is 30.0 Å². The van der Waals surface area contributed by atoms with E-state index in [0.717, 1.165) is 25.0 Å². The number of nitrogens with zero attached hydrogens (tertiary/aromatic N) is 1. The Morgan fingerprint density at radius 2 is 2.05 bits per heavy atom. The van der Waals surface area contributed by atoms with Crippen LogP contribution in [0, 0.1) is 12.7 Å². The second kappa shape index (κ2) is 5.75. The van der Waals surface area contributed by atoms with E-state index in [1.165, 1.54) is 6.07 Å². The van der Waals surface area contributed by atoms with Crippen LogP contribution in [0.25, 0.3) is 10.2 Å². The van der Waals surface area contributed by atoms with Gasteiger partial charge in [-0.2, -0.15) is 0 Å². The first-order valence-corrected chi connectivity index (χ1v) is 8.27. The van der Waals surface area contributed by atoms with Crippen LogP contribution in [0.1, 0.15) is 24.1 Å². The Kier molecular flexibility index (Phi) is 3.97. The molecule has 0 saturated heterocycles. The number of halogens is 1. The topological polar surface area (TPSA) is 38.9 Å². The summed E-state index contributed by atoms with van der Waals surface area (Å²) in [6, 6.07) is 11.2. The first-order valence-electron chi connectivity index (χ1n) is 6.63. The average Bonchev–Trinajstić information content (AvgIpc) is 2.84. The maximum atomic E-state index is 13.7. The highest BCUT2D eigenvalue weighted by Gasteiger charge is 2.14. The van der Waals surface area contributed by atoms with Gasteiger partial charge in [-0.1, -0.05) is 23.9 Å². The summed E-state index contributed by atoms with van der Waals surface area (Å²) < 4.78 is 15.9. The Hall–Kier alpha value is -1.43. The van der Waals surface area contributed by atoms with Crippen molar-refractivity contribution in [2.45, 2.75) is 29.1 Å². The minimum absolute atomic E-state index is 0.211. The van der Waals surface area contributed by atoms with Gasteiger partial charge in [0.1, 0.15) is 5.82 Å². The Morgan fingerprint density at radius 1 is 1.29 bits per heavy atom. The van der Waals surface area contributed by atoms with Crippen LogP contribution >= 0.6 is 23.1 Å². The van der Waals surface area contributed by atoms with Gasteiger partial charge in [-0.25, -0.2) is 9.37 Å². The molecule has 0 radical (unpaired) electrons. The summed E-state index contributed by atoms with van der Waals surface area (Å²) in [7, 11) is 0. The zero-order chi connectivity index (χ0) is 15.0. The first kappa shape index (κ1) is 14.5. The number of aromatic nitrogens is 1. The largest absolute Gasteiger partial charge is 0.324 e. The monoisotopic (exact) mass is 318 g/mol.